The molecule has 1 aromatic rings. The molecule has 2 atom stereocenters. The van der Waals surface area contributed by atoms with Crippen LogP contribution in [-0.4, -0.2) is 11.0 Å². The summed E-state index contributed by atoms with van der Waals surface area (Å²) >= 11 is 5.82. The summed E-state index contributed by atoms with van der Waals surface area (Å²) in [6, 6.07) is 4.30. The maximum atomic E-state index is 5.82. The number of halogens is 1. The Morgan fingerprint density at radius 2 is 2.25 bits per heavy atom. The van der Waals surface area contributed by atoms with E-state index in [-0.39, 0.29) is 0 Å². The van der Waals surface area contributed by atoms with Crippen LogP contribution >= 0.6 is 11.6 Å². The van der Waals surface area contributed by atoms with Crippen molar-refractivity contribution in [2.75, 3.05) is 0 Å². The van der Waals surface area contributed by atoms with Gasteiger partial charge in [-0.25, -0.2) is 4.98 Å². The number of hydrogen-bond donors (Lipinski definition) is 1. The lowest BCUT2D eigenvalue weighted by Crippen LogP contribution is -2.01. The van der Waals surface area contributed by atoms with Crippen molar-refractivity contribution in [3.8, 4) is 0 Å². The smallest absolute Gasteiger partial charge is 0.129 e. The first kappa shape index (κ1) is 8.02. The Morgan fingerprint density at radius 3 is 2.75 bits per heavy atom. The van der Waals surface area contributed by atoms with E-state index in [0.29, 0.717) is 17.1 Å². The van der Waals surface area contributed by atoms with Crippen LogP contribution in [0.4, 0.5) is 0 Å². The van der Waals surface area contributed by atoms with Crippen LogP contribution in [0.1, 0.15) is 23.6 Å². The molecule has 0 aliphatic heterocycles. The van der Waals surface area contributed by atoms with E-state index < -0.39 is 0 Å². The maximum Gasteiger partial charge on any atom is 0.129 e. The fraction of sp³-hybridized carbons (Fsp3) is 0.444. The summed E-state index contributed by atoms with van der Waals surface area (Å²) in [5.74, 6) is 0.518. The highest BCUT2D eigenvalue weighted by Crippen LogP contribution is 2.39. The topological polar surface area (TPSA) is 38.9 Å². The molecule has 0 spiro atoms. The van der Waals surface area contributed by atoms with Crippen LogP contribution in [0, 0.1) is 6.92 Å². The quantitative estimate of drug-likeness (QED) is 0.674. The fourth-order valence-corrected chi connectivity index (χ4v) is 1.72. The zero-order valence-electron chi connectivity index (χ0n) is 6.92. The van der Waals surface area contributed by atoms with Gasteiger partial charge in [-0.3, -0.25) is 0 Å². The van der Waals surface area contributed by atoms with Gasteiger partial charge in [0.1, 0.15) is 5.15 Å². The summed E-state index contributed by atoms with van der Waals surface area (Å²) in [4.78, 5) is 4.09. The first-order chi connectivity index (χ1) is 5.66. The zero-order chi connectivity index (χ0) is 8.72. The van der Waals surface area contributed by atoms with Crippen LogP contribution < -0.4 is 5.73 Å². The van der Waals surface area contributed by atoms with E-state index in [0.717, 1.165) is 12.1 Å². The molecule has 0 saturated heterocycles. The Hall–Kier alpha value is -0.600. The average molecular weight is 183 g/mol. The minimum absolute atomic E-state index is 0.336. The van der Waals surface area contributed by atoms with Gasteiger partial charge in [-0.1, -0.05) is 11.6 Å². The van der Waals surface area contributed by atoms with Crippen LogP contribution in [0.5, 0.6) is 0 Å². The highest BCUT2D eigenvalue weighted by Gasteiger charge is 2.35. The summed E-state index contributed by atoms with van der Waals surface area (Å²) < 4.78 is 0. The number of nitrogens with zero attached hydrogens (tertiary/aromatic N) is 1. The third-order valence-electron chi connectivity index (χ3n) is 2.21. The normalized spacial score (nSPS) is 27.2. The van der Waals surface area contributed by atoms with Crippen molar-refractivity contribution in [1.29, 1.82) is 0 Å². The SMILES string of the molecule is Cc1cc([C@@H]2C[C@H]2N)cc(Cl)n1. The van der Waals surface area contributed by atoms with Crippen LogP contribution in [0.3, 0.4) is 0 Å². The molecular formula is C9H11ClN2. The van der Waals surface area contributed by atoms with Gasteiger partial charge in [-0.05, 0) is 31.0 Å². The van der Waals surface area contributed by atoms with E-state index in [1.54, 1.807) is 0 Å². The highest BCUT2D eigenvalue weighted by atomic mass is 35.5. The predicted molar refractivity (Wildman–Crippen MR) is 49.3 cm³/mol. The van der Waals surface area contributed by atoms with E-state index in [2.05, 4.69) is 11.1 Å². The molecule has 0 aromatic carbocycles. The molecule has 12 heavy (non-hydrogen) atoms. The van der Waals surface area contributed by atoms with Gasteiger partial charge in [-0.15, -0.1) is 0 Å². The molecule has 1 aliphatic carbocycles. The van der Waals surface area contributed by atoms with Gasteiger partial charge in [-0.2, -0.15) is 0 Å². The fourth-order valence-electron chi connectivity index (χ4n) is 1.47. The van der Waals surface area contributed by atoms with Crippen molar-refractivity contribution in [3.05, 3.63) is 28.5 Å². The molecule has 0 radical (unpaired) electrons. The summed E-state index contributed by atoms with van der Waals surface area (Å²) in [7, 11) is 0. The lowest BCUT2D eigenvalue weighted by Gasteiger charge is -2.00. The molecule has 1 aliphatic rings. The second-order valence-electron chi connectivity index (χ2n) is 3.37. The highest BCUT2D eigenvalue weighted by molar-refractivity contribution is 6.29. The molecule has 1 aromatic heterocycles. The molecule has 0 unspecified atom stereocenters. The molecule has 1 saturated carbocycles. The van der Waals surface area contributed by atoms with E-state index in [1.807, 2.05) is 13.0 Å². The lowest BCUT2D eigenvalue weighted by molar-refractivity contribution is 0.980. The summed E-state index contributed by atoms with van der Waals surface area (Å²) in [5.41, 5.74) is 7.94. The Labute approximate surface area is 76.7 Å². The van der Waals surface area contributed by atoms with Gasteiger partial charge in [0.2, 0.25) is 0 Å². The minimum Gasteiger partial charge on any atom is -0.327 e. The molecule has 3 heteroatoms. The first-order valence-electron chi connectivity index (χ1n) is 4.06. The lowest BCUT2D eigenvalue weighted by atomic mass is 10.1. The Morgan fingerprint density at radius 1 is 1.58 bits per heavy atom. The number of pyridine rings is 1. The molecule has 1 fully saturated rings. The Balaban J connectivity index is 2.32. The van der Waals surface area contributed by atoms with Gasteiger partial charge in [0.05, 0.1) is 0 Å². The van der Waals surface area contributed by atoms with Crippen molar-refractivity contribution in [2.45, 2.75) is 25.3 Å². The Kier molecular flexibility index (Phi) is 1.81. The van der Waals surface area contributed by atoms with Gasteiger partial charge < -0.3 is 5.73 Å². The second kappa shape index (κ2) is 2.71. The molecule has 64 valence electrons. The summed E-state index contributed by atoms with van der Waals surface area (Å²) in [5, 5.41) is 0.573. The molecule has 2 rings (SSSR count). The van der Waals surface area contributed by atoms with Crippen molar-refractivity contribution in [3.63, 3.8) is 0 Å². The monoisotopic (exact) mass is 182 g/mol. The Bertz CT molecular complexity index is 291. The zero-order valence-corrected chi connectivity index (χ0v) is 7.67. The number of nitrogens with two attached hydrogens (primary N) is 1. The van der Waals surface area contributed by atoms with E-state index in [4.69, 9.17) is 17.3 Å². The molecule has 0 amide bonds. The third kappa shape index (κ3) is 1.45. The van der Waals surface area contributed by atoms with Crippen LogP contribution in [-0.2, 0) is 0 Å². The van der Waals surface area contributed by atoms with Gasteiger partial charge in [0, 0.05) is 17.7 Å². The van der Waals surface area contributed by atoms with Crippen molar-refractivity contribution in [2.24, 2.45) is 5.73 Å². The van der Waals surface area contributed by atoms with E-state index in [1.165, 1.54) is 5.56 Å². The molecule has 2 N–H and O–H groups in total. The van der Waals surface area contributed by atoms with Crippen molar-refractivity contribution in [1.82, 2.24) is 4.98 Å². The molecular weight excluding hydrogens is 172 g/mol. The van der Waals surface area contributed by atoms with E-state index >= 15 is 0 Å². The average Bonchev–Trinajstić information content (AvgIpc) is 2.64. The summed E-state index contributed by atoms with van der Waals surface area (Å²) in [6.07, 6.45) is 1.08. The maximum absolute atomic E-state index is 5.82. The van der Waals surface area contributed by atoms with Gasteiger partial charge in [0.25, 0.3) is 0 Å². The second-order valence-corrected chi connectivity index (χ2v) is 3.76. The molecule has 1 heterocycles. The largest absolute Gasteiger partial charge is 0.327 e. The third-order valence-corrected chi connectivity index (χ3v) is 2.41. The predicted octanol–water partition coefficient (Wildman–Crippen LogP) is 1.86. The minimum atomic E-state index is 0.336. The van der Waals surface area contributed by atoms with Crippen LogP contribution in [0.2, 0.25) is 5.15 Å². The van der Waals surface area contributed by atoms with Gasteiger partial charge >= 0.3 is 0 Å². The number of aromatic nitrogens is 1. The molecule has 2 nitrogen and oxygen atoms in total. The standard InChI is InChI=1S/C9H11ClN2/c1-5-2-6(3-9(10)12-5)7-4-8(7)11/h2-3,7-8H,4,11H2,1H3/t7-,8+/m0/s1. The van der Waals surface area contributed by atoms with Crippen LogP contribution in [0.25, 0.3) is 0 Å². The van der Waals surface area contributed by atoms with Crippen LogP contribution in [0.15, 0.2) is 12.1 Å². The van der Waals surface area contributed by atoms with Crippen molar-refractivity contribution >= 4 is 11.6 Å². The number of rotatable bonds is 1. The number of hydrogen-bond acceptors (Lipinski definition) is 2. The number of aryl methyl sites for hydroxylation is 1. The summed E-state index contributed by atoms with van der Waals surface area (Å²) in [6.45, 7) is 1.95. The van der Waals surface area contributed by atoms with Gasteiger partial charge in [0.15, 0.2) is 0 Å². The molecule has 0 bridgehead atoms. The first-order valence-corrected chi connectivity index (χ1v) is 4.44. The van der Waals surface area contributed by atoms with Crippen molar-refractivity contribution < 1.29 is 0 Å². The van der Waals surface area contributed by atoms with E-state index in [9.17, 15) is 0 Å².